The van der Waals surface area contributed by atoms with E-state index in [1.807, 2.05) is 0 Å². The van der Waals surface area contributed by atoms with Gasteiger partial charge in [0.05, 0.1) is 33.5 Å². The van der Waals surface area contributed by atoms with E-state index in [2.05, 4.69) is 234 Å². The van der Waals surface area contributed by atoms with Crippen LogP contribution < -0.4 is 0 Å². The van der Waals surface area contributed by atoms with Crippen LogP contribution in [-0.4, -0.2) is 19.1 Å². The average molecular weight is 839 g/mol. The summed E-state index contributed by atoms with van der Waals surface area (Å²) in [6.07, 6.45) is 1.71. The highest BCUT2D eigenvalue weighted by Crippen LogP contribution is 2.49. The van der Waals surface area contributed by atoms with Crippen molar-refractivity contribution in [1.82, 2.24) is 19.1 Å². The minimum Gasteiger partial charge on any atom is -0.309 e. The molecule has 0 atom stereocenters. The third kappa shape index (κ3) is 5.52. The van der Waals surface area contributed by atoms with Crippen molar-refractivity contribution in [2.75, 3.05) is 0 Å². The first-order chi connectivity index (χ1) is 32.7. The molecule has 0 spiro atoms. The van der Waals surface area contributed by atoms with Gasteiger partial charge in [-0.1, -0.05) is 152 Å². The van der Waals surface area contributed by atoms with Crippen molar-refractivity contribution >= 4 is 54.4 Å². The zero-order chi connectivity index (χ0) is 43.3. The number of rotatable bonds is 6. The van der Waals surface area contributed by atoms with E-state index in [-0.39, 0.29) is 0 Å². The SMILES string of the molecule is c1ccc(-c2ccc3c(c2)c2cc(-c4ccc5c(c4)c4cc(-c6ccccc6)ccc4n5-c4ccc(-c5ncnc6c5-c5cccc7cccc-6c57)cc4)ccc2n3-c2ccccc2)cc1. The first-order valence-corrected chi connectivity index (χ1v) is 22.5. The van der Waals surface area contributed by atoms with E-state index >= 15 is 0 Å². The Morgan fingerprint density at radius 3 is 1.20 bits per heavy atom. The Hall–Kier alpha value is -8.86. The second-order valence-electron chi connectivity index (χ2n) is 17.4. The van der Waals surface area contributed by atoms with Gasteiger partial charge in [0, 0.05) is 49.6 Å². The van der Waals surface area contributed by atoms with Crippen molar-refractivity contribution in [3.63, 3.8) is 0 Å². The molecule has 0 saturated heterocycles. The molecule has 0 saturated carbocycles. The summed E-state index contributed by atoms with van der Waals surface area (Å²) in [6.45, 7) is 0. The zero-order valence-corrected chi connectivity index (χ0v) is 35.7. The van der Waals surface area contributed by atoms with Gasteiger partial charge in [-0.15, -0.1) is 0 Å². The van der Waals surface area contributed by atoms with E-state index in [9.17, 15) is 0 Å². The summed E-state index contributed by atoms with van der Waals surface area (Å²) in [6, 6.07) is 81.8. The topological polar surface area (TPSA) is 35.6 Å². The van der Waals surface area contributed by atoms with Gasteiger partial charge in [0.25, 0.3) is 0 Å². The smallest absolute Gasteiger partial charge is 0.116 e. The summed E-state index contributed by atoms with van der Waals surface area (Å²) in [5.74, 6) is 0. The molecule has 0 radical (unpaired) electrons. The Morgan fingerprint density at radius 2 is 0.697 bits per heavy atom. The average Bonchev–Trinajstić information content (AvgIpc) is 4.03. The molecule has 14 rings (SSSR count). The fraction of sp³-hybridized carbons (Fsp3) is 0. The molecule has 0 aliphatic heterocycles. The molecule has 10 aromatic carbocycles. The van der Waals surface area contributed by atoms with Crippen molar-refractivity contribution in [2.24, 2.45) is 0 Å². The van der Waals surface area contributed by atoms with Gasteiger partial charge in [-0.3, -0.25) is 0 Å². The summed E-state index contributed by atoms with van der Waals surface area (Å²) >= 11 is 0. The van der Waals surface area contributed by atoms with Crippen molar-refractivity contribution in [3.05, 3.63) is 231 Å². The van der Waals surface area contributed by atoms with Crippen molar-refractivity contribution in [3.8, 4) is 78.4 Å². The molecule has 66 heavy (non-hydrogen) atoms. The van der Waals surface area contributed by atoms with Crippen LogP contribution in [0.3, 0.4) is 0 Å². The molecule has 0 fully saturated rings. The summed E-state index contributed by atoms with van der Waals surface area (Å²) in [4.78, 5) is 9.72. The predicted octanol–water partition coefficient (Wildman–Crippen LogP) is 16.1. The fourth-order valence-electron chi connectivity index (χ4n) is 10.7. The highest BCUT2D eigenvalue weighted by atomic mass is 15.0. The van der Waals surface area contributed by atoms with Crippen LogP contribution in [0, 0.1) is 0 Å². The van der Waals surface area contributed by atoms with Gasteiger partial charge >= 0.3 is 0 Å². The molecule has 0 unspecified atom stereocenters. The maximum absolute atomic E-state index is 4.91. The van der Waals surface area contributed by atoms with Crippen molar-refractivity contribution in [1.29, 1.82) is 0 Å². The Morgan fingerprint density at radius 1 is 0.288 bits per heavy atom. The van der Waals surface area contributed by atoms with Crippen LogP contribution >= 0.6 is 0 Å². The van der Waals surface area contributed by atoms with Gasteiger partial charge < -0.3 is 9.13 Å². The van der Waals surface area contributed by atoms with E-state index in [1.54, 1.807) is 6.33 Å². The monoisotopic (exact) mass is 838 g/mol. The molecule has 306 valence electrons. The first-order valence-electron chi connectivity index (χ1n) is 22.5. The van der Waals surface area contributed by atoms with Crippen molar-refractivity contribution in [2.45, 2.75) is 0 Å². The molecule has 4 heteroatoms. The van der Waals surface area contributed by atoms with Gasteiger partial charge in [-0.25, -0.2) is 9.97 Å². The second-order valence-corrected chi connectivity index (χ2v) is 17.4. The quantitative estimate of drug-likeness (QED) is 0.167. The van der Waals surface area contributed by atoms with Crippen LogP contribution in [0.25, 0.3) is 133 Å². The number of nitrogens with zero attached hydrogens (tertiary/aromatic N) is 4. The molecule has 1 aliphatic rings. The van der Waals surface area contributed by atoms with Gasteiger partial charge in [0.2, 0.25) is 0 Å². The number of hydrogen-bond acceptors (Lipinski definition) is 2. The van der Waals surface area contributed by atoms with E-state index < -0.39 is 0 Å². The number of hydrogen-bond donors (Lipinski definition) is 0. The van der Waals surface area contributed by atoms with Gasteiger partial charge in [-0.05, 0) is 123 Å². The van der Waals surface area contributed by atoms with Crippen LogP contribution in [0.5, 0.6) is 0 Å². The number of aromatic nitrogens is 4. The minimum atomic E-state index is 0.953. The maximum Gasteiger partial charge on any atom is 0.116 e. The van der Waals surface area contributed by atoms with Gasteiger partial charge in [0.15, 0.2) is 0 Å². The molecular weight excluding hydrogens is 801 g/mol. The molecule has 13 aromatic rings. The lowest BCUT2D eigenvalue weighted by Crippen LogP contribution is -1.95. The molecule has 0 amide bonds. The number of para-hydroxylation sites is 1. The summed E-state index contributed by atoms with van der Waals surface area (Å²) in [5.41, 5.74) is 20.6. The Labute approximate surface area is 381 Å². The van der Waals surface area contributed by atoms with E-state index in [0.29, 0.717) is 0 Å². The standard InChI is InChI=1S/C62H38N4/c1-4-12-39(13-5-1)43-24-30-55-51(34-43)53-36-45(26-32-56(53)65(55)47-18-8-3-9-19-47)46-27-33-58-54(37-46)52-35-44(40-14-6-2-7-15-40)25-31-57(52)66(58)48-28-22-42(23-29-48)61-60-49-20-10-16-41-17-11-21-50(59(41)49)62(60)64-38-63-61/h1-38H. The molecule has 0 bridgehead atoms. The Bertz CT molecular complexity index is 4070. The van der Waals surface area contributed by atoms with Crippen molar-refractivity contribution < 1.29 is 0 Å². The van der Waals surface area contributed by atoms with E-state index in [1.165, 1.54) is 87.9 Å². The Balaban J connectivity index is 0.930. The van der Waals surface area contributed by atoms with Gasteiger partial charge in [0.1, 0.15) is 6.33 Å². The van der Waals surface area contributed by atoms with Crippen LogP contribution in [0.2, 0.25) is 0 Å². The maximum atomic E-state index is 4.91. The lowest BCUT2D eigenvalue weighted by atomic mass is 9.98. The van der Waals surface area contributed by atoms with Crippen LogP contribution in [0.1, 0.15) is 0 Å². The highest BCUT2D eigenvalue weighted by Gasteiger charge is 2.26. The first kappa shape index (κ1) is 36.6. The molecule has 3 heterocycles. The minimum absolute atomic E-state index is 0.953. The lowest BCUT2D eigenvalue weighted by Gasteiger charge is -2.12. The molecule has 4 nitrogen and oxygen atoms in total. The second kappa shape index (κ2) is 14.3. The van der Waals surface area contributed by atoms with E-state index in [0.717, 1.165) is 44.9 Å². The molecular formula is C62H38N4. The fourth-order valence-corrected chi connectivity index (χ4v) is 10.7. The molecule has 1 aliphatic carbocycles. The van der Waals surface area contributed by atoms with Crippen LogP contribution in [0.15, 0.2) is 231 Å². The normalized spacial score (nSPS) is 11.9. The summed E-state index contributed by atoms with van der Waals surface area (Å²) < 4.78 is 4.81. The summed E-state index contributed by atoms with van der Waals surface area (Å²) in [7, 11) is 0. The van der Waals surface area contributed by atoms with Crippen LogP contribution in [0.4, 0.5) is 0 Å². The number of benzene rings is 10. The Kier molecular flexibility index (Phi) is 7.95. The summed E-state index contributed by atoms with van der Waals surface area (Å²) in [5, 5.41) is 7.37. The largest absolute Gasteiger partial charge is 0.309 e. The molecule has 0 N–H and O–H groups in total. The highest BCUT2D eigenvalue weighted by molar-refractivity contribution is 6.17. The third-order valence-corrected chi connectivity index (χ3v) is 13.8. The van der Waals surface area contributed by atoms with E-state index in [4.69, 9.17) is 9.97 Å². The predicted molar refractivity (Wildman–Crippen MR) is 274 cm³/mol. The zero-order valence-electron chi connectivity index (χ0n) is 35.7. The van der Waals surface area contributed by atoms with Crippen LogP contribution in [-0.2, 0) is 0 Å². The lowest BCUT2D eigenvalue weighted by molar-refractivity contribution is 1.17. The van der Waals surface area contributed by atoms with Gasteiger partial charge in [-0.2, -0.15) is 0 Å². The third-order valence-electron chi connectivity index (χ3n) is 13.8. The number of fused-ring (bicyclic) bond motifs is 9. The molecule has 3 aromatic heterocycles.